The molecule has 0 radical (unpaired) electrons. The van der Waals surface area contributed by atoms with Crippen LogP contribution in [0.15, 0.2) is 12.4 Å². The van der Waals surface area contributed by atoms with Gasteiger partial charge in [0.05, 0.1) is 0 Å². The highest BCUT2D eigenvalue weighted by atomic mass is 35.5. The predicted octanol–water partition coefficient (Wildman–Crippen LogP) is 0.425. The molecular weight excluding hydrogens is 372 g/mol. The molecular formula is C17H27ClN6O3. The quantitative estimate of drug-likeness (QED) is 0.700. The first-order valence-corrected chi connectivity index (χ1v) is 9.05. The van der Waals surface area contributed by atoms with Crippen LogP contribution in [0.5, 0.6) is 0 Å². The molecule has 1 aromatic rings. The zero-order valence-corrected chi connectivity index (χ0v) is 16.7. The van der Waals surface area contributed by atoms with Gasteiger partial charge < -0.3 is 20.1 Å². The zero-order chi connectivity index (χ0) is 18.9. The number of nitrogens with zero attached hydrogens (tertiary/aromatic N) is 4. The van der Waals surface area contributed by atoms with Gasteiger partial charge in [-0.05, 0) is 12.8 Å². The molecule has 1 unspecified atom stereocenters. The monoisotopic (exact) mass is 398 g/mol. The summed E-state index contributed by atoms with van der Waals surface area (Å²) in [7, 11) is 1.88. The summed E-state index contributed by atoms with van der Waals surface area (Å²) >= 11 is 0. The van der Waals surface area contributed by atoms with Crippen LogP contribution in [-0.4, -0.2) is 68.9 Å². The van der Waals surface area contributed by atoms with Crippen molar-refractivity contribution in [2.45, 2.75) is 38.3 Å². The maximum Gasteiger partial charge on any atom is 0.325 e. The number of imidazole rings is 1. The van der Waals surface area contributed by atoms with Gasteiger partial charge in [-0.1, -0.05) is 13.8 Å². The molecule has 2 N–H and O–H groups in total. The number of carbonyl (C=O) groups is 3. The van der Waals surface area contributed by atoms with E-state index in [9.17, 15) is 14.4 Å². The Morgan fingerprint density at radius 1 is 1.33 bits per heavy atom. The van der Waals surface area contributed by atoms with Crippen molar-refractivity contribution in [1.82, 2.24) is 30.0 Å². The van der Waals surface area contributed by atoms with E-state index in [0.29, 0.717) is 32.5 Å². The van der Waals surface area contributed by atoms with Crippen LogP contribution in [0, 0.1) is 0 Å². The number of aryl methyl sites for hydroxylation is 1. The van der Waals surface area contributed by atoms with Gasteiger partial charge in [0.2, 0.25) is 5.91 Å². The molecule has 0 spiro atoms. The van der Waals surface area contributed by atoms with Gasteiger partial charge in [-0.25, -0.2) is 9.78 Å². The second kappa shape index (κ2) is 8.26. The number of imide groups is 1. The molecule has 9 nitrogen and oxygen atoms in total. The Kier molecular flexibility index (Phi) is 6.48. The Balaban J connectivity index is 0.00000261. The standard InChI is InChI=1S/C17H26N6O3.ClH/c1-4-17(5-2)15(25)23(16(26)20-17)11-13(24)22-9-6-18-10-12(22)14-19-7-8-21(14)3;/h7-8,12,18H,4-6,9-11H2,1-3H3,(H,20,26);1H. The van der Waals surface area contributed by atoms with E-state index in [4.69, 9.17) is 0 Å². The number of halogens is 1. The fourth-order valence-corrected chi connectivity index (χ4v) is 3.71. The number of carbonyl (C=O) groups excluding carboxylic acids is 3. The SMILES string of the molecule is CCC1(CC)NC(=O)N(CC(=O)N2CCNCC2c2nccn2C)C1=O.Cl. The molecule has 0 aromatic carbocycles. The highest BCUT2D eigenvalue weighted by Gasteiger charge is 2.49. The van der Waals surface area contributed by atoms with Crippen LogP contribution >= 0.6 is 12.4 Å². The third-order valence-corrected chi connectivity index (χ3v) is 5.47. The summed E-state index contributed by atoms with van der Waals surface area (Å²) in [4.78, 5) is 45.1. The van der Waals surface area contributed by atoms with Gasteiger partial charge >= 0.3 is 6.03 Å². The number of hydrogen-bond acceptors (Lipinski definition) is 5. The van der Waals surface area contributed by atoms with Crippen LogP contribution in [0.1, 0.15) is 38.6 Å². The number of amides is 4. The Bertz CT molecular complexity index is 717. The fourth-order valence-electron chi connectivity index (χ4n) is 3.71. The lowest BCUT2D eigenvalue weighted by atomic mass is 9.93. The molecule has 0 saturated carbocycles. The molecule has 2 aliphatic rings. The van der Waals surface area contributed by atoms with Gasteiger partial charge in [-0.3, -0.25) is 14.5 Å². The molecule has 3 heterocycles. The molecule has 3 rings (SSSR count). The highest BCUT2D eigenvalue weighted by Crippen LogP contribution is 2.26. The summed E-state index contributed by atoms with van der Waals surface area (Å²) in [5.74, 6) is 0.217. The van der Waals surface area contributed by atoms with Crippen molar-refractivity contribution >= 4 is 30.3 Å². The predicted molar refractivity (Wildman–Crippen MR) is 101 cm³/mol. The zero-order valence-electron chi connectivity index (χ0n) is 15.9. The minimum Gasteiger partial charge on any atom is -0.336 e. The van der Waals surface area contributed by atoms with E-state index >= 15 is 0 Å². The number of hydrogen-bond donors (Lipinski definition) is 2. The molecule has 0 aliphatic carbocycles. The minimum atomic E-state index is -0.889. The van der Waals surface area contributed by atoms with E-state index in [-0.39, 0.29) is 36.8 Å². The molecule has 4 amide bonds. The molecule has 1 aromatic heterocycles. The number of aromatic nitrogens is 2. The van der Waals surface area contributed by atoms with Gasteiger partial charge in [-0.2, -0.15) is 0 Å². The average molecular weight is 399 g/mol. The number of nitrogens with one attached hydrogen (secondary N) is 2. The maximum atomic E-state index is 12.9. The third-order valence-electron chi connectivity index (χ3n) is 5.47. The molecule has 27 heavy (non-hydrogen) atoms. The summed E-state index contributed by atoms with van der Waals surface area (Å²) < 4.78 is 1.88. The molecule has 1 atom stereocenters. The molecule has 0 bridgehead atoms. The maximum absolute atomic E-state index is 12.9. The number of urea groups is 1. The van der Waals surface area contributed by atoms with E-state index in [1.54, 1.807) is 11.1 Å². The highest BCUT2D eigenvalue weighted by molar-refractivity contribution is 6.09. The first-order chi connectivity index (χ1) is 12.4. The van der Waals surface area contributed by atoms with Crippen molar-refractivity contribution in [1.29, 1.82) is 0 Å². The lowest BCUT2D eigenvalue weighted by molar-refractivity contribution is -0.141. The van der Waals surface area contributed by atoms with Crippen LogP contribution in [0.2, 0.25) is 0 Å². The van der Waals surface area contributed by atoms with Crippen LogP contribution in [-0.2, 0) is 16.6 Å². The summed E-state index contributed by atoms with van der Waals surface area (Å²) in [5, 5.41) is 6.03. The van der Waals surface area contributed by atoms with Crippen molar-refractivity contribution < 1.29 is 14.4 Å². The van der Waals surface area contributed by atoms with E-state index in [1.165, 1.54) is 0 Å². The molecule has 10 heteroatoms. The summed E-state index contributed by atoms with van der Waals surface area (Å²) in [6, 6.07) is -0.713. The van der Waals surface area contributed by atoms with Crippen molar-refractivity contribution in [3.63, 3.8) is 0 Å². The van der Waals surface area contributed by atoms with Crippen LogP contribution in [0.4, 0.5) is 4.79 Å². The minimum absolute atomic E-state index is 0. The number of piperazine rings is 1. The first-order valence-electron chi connectivity index (χ1n) is 9.05. The van der Waals surface area contributed by atoms with E-state index in [2.05, 4.69) is 15.6 Å². The van der Waals surface area contributed by atoms with Crippen molar-refractivity contribution in [2.24, 2.45) is 7.05 Å². The number of rotatable bonds is 5. The Morgan fingerprint density at radius 2 is 2.04 bits per heavy atom. The Labute approximate surface area is 164 Å². The Hall–Kier alpha value is -2.13. The largest absolute Gasteiger partial charge is 0.336 e. The van der Waals surface area contributed by atoms with Crippen molar-refractivity contribution in [3.05, 3.63) is 18.2 Å². The van der Waals surface area contributed by atoms with E-state index in [1.807, 2.05) is 31.7 Å². The van der Waals surface area contributed by atoms with E-state index in [0.717, 1.165) is 10.7 Å². The second-order valence-electron chi connectivity index (χ2n) is 6.81. The van der Waals surface area contributed by atoms with Crippen LogP contribution in [0.3, 0.4) is 0 Å². The lowest BCUT2D eigenvalue weighted by Crippen LogP contribution is -2.53. The smallest absolute Gasteiger partial charge is 0.325 e. The van der Waals surface area contributed by atoms with Gasteiger partial charge in [-0.15, -0.1) is 12.4 Å². The summed E-state index contributed by atoms with van der Waals surface area (Å²) in [6.07, 6.45) is 4.53. The molecule has 2 saturated heterocycles. The van der Waals surface area contributed by atoms with Gasteiger partial charge in [0.25, 0.3) is 5.91 Å². The fraction of sp³-hybridized carbons (Fsp3) is 0.647. The van der Waals surface area contributed by atoms with Crippen molar-refractivity contribution in [3.8, 4) is 0 Å². The lowest BCUT2D eigenvalue weighted by Gasteiger charge is -2.36. The van der Waals surface area contributed by atoms with Gasteiger partial charge in [0.1, 0.15) is 23.9 Å². The van der Waals surface area contributed by atoms with Crippen LogP contribution < -0.4 is 10.6 Å². The van der Waals surface area contributed by atoms with Gasteiger partial charge in [0, 0.05) is 39.1 Å². The molecule has 2 aliphatic heterocycles. The summed E-state index contributed by atoms with van der Waals surface area (Å²) in [6.45, 7) is 5.24. The Morgan fingerprint density at radius 3 is 2.59 bits per heavy atom. The van der Waals surface area contributed by atoms with Crippen LogP contribution in [0.25, 0.3) is 0 Å². The summed E-state index contributed by atoms with van der Waals surface area (Å²) in [5.41, 5.74) is -0.889. The molecule has 150 valence electrons. The van der Waals surface area contributed by atoms with E-state index < -0.39 is 11.6 Å². The molecule has 2 fully saturated rings. The van der Waals surface area contributed by atoms with Crippen molar-refractivity contribution in [2.75, 3.05) is 26.2 Å². The first kappa shape index (κ1) is 21.2. The normalized spacial score (nSPS) is 21.8. The average Bonchev–Trinajstić information content (AvgIpc) is 3.18. The van der Waals surface area contributed by atoms with Gasteiger partial charge in [0.15, 0.2) is 0 Å². The third kappa shape index (κ3) is 3.66. The second-order valence-corrected chi connectivity index (χ2v) is 6.81. The topological polar surface area (TPSA) is 99.6 Å².